The van der Waals surface area contributed by atoms with Crippen molar-refractivity contribution in [3.8, 4) is 11.6 Å². The molecule has 0 unspecified atom stereocenters. The SMILES string of the molecule is c1csc(Cc2noc(-c3ncoc3C3CC3)n2)c1. The maximum absolute atomic E-state index is 5.42. The van der Waals surface area contributed by atoms with Crippen LogP contribution in [0, 0.1) is 0 Å². The zero-order valence-corrected chi connectivity index (χ0v) is 10.9. The van der Waals surface area contributed by atoms with Gasteiger partial charge in [0.05, 0.1) is 0 Å². The van der Waals surface area contributed by atoms with Gasteiger partial charge in [-0.05, 0) is 24.3 Å². The summed E-state index contributed by atoms with van der Waals surface area (Å²) in [6, 6.07) is 4.08. The number of hydrogen-bond donors (Lipinski definition) is 0. The Labute approximate surface area is 113 Å². The maximum Gasteiger partial charge on any atom is 0.280 e. The van der Waals surface area contributed by atoms with Crippen molar-refractivity contribution < 1.29 is 8.94 Å². The third kappa shape index (κ3) is 2.08. The van der Waals surface area contributed by atoms with E-state index in [0.29, 0.717) is 29.7 Å². The summed E-state index contributed by atoms with van der Waals surface area (Å²) in [4.78, 5) is 9.82. The van der Waals surface area contributed by atoms with Crippen LogP contribution in [-0.4, -0.2) is 15.1 Å². The molecule has 1 fully saturated rings. The van der Waals surface area contributed by atoms with Gasteiger partial charge in [0.15, 0.2) is 17.9 Å². The molecule has 3 aromatic rings. The largest absolute Gasteiger partial charge is 0.447 e. The van der Waals surface area contributed by atoms with Crippen LogP contribution >= 0.6 is 11.3 Å². The van der Waals surface area contributed by atoms with Crippen LogP contribution in [-0.2, 0) is 6.42 Å². The zero-order chi connectivity index (χ0) is 12.7. The van der Waals surface area contributed by atoms with E-state index in [9.17, 15) is 0 Å². The molecule has 3 aromatic heterocycles. The summed E-state index contributed by atoms with van der Waals surface area (Å²) in [7, 11) is 0. The molecule has 1 aliphatic carbocycles. The van der Waals surface area contributed by atoms with Crippen LogP contribution in [0.5, 0.6) is 0 Å². The molecule has 0 spiro atoms. The minimum absolute atomic E-state index is 0.460. The lowest BCUT2D eigenvalue weighted by Crippen LogP contribution is -1.88. The second-order valence-corrected chi connectivity index (χ2v) is 5.64. The normalized spacial score (nSPS) is 14.9. The van der Waals surface area contributed by atoms with Gasteiger partial charge in [-0.25, -0.2) is 4.98 Å². The Morgan fingerprint density at radius 1 is 1.37 bits per heavy atom. The Kier molecular flexibility index (Phi) is 2.48. The highest BCUT2D eigenvalue weighted by molar-refractivity contribution is 7.09. The highest BCUT2D eigenvalue weighted by Crippen LogP contribution is 2.43. The Hall–Kier alpha value is -1.95. The summed E-state index contributed by atoms with van der Waals surface area (Å²) in [5.41, 5.74) is 0.701. The fourth-order valence-corrected chi connectivity index (χ4v) is 2.74. The van der Waals surface area contributed by atoms with Crippen LogP contribution in [0.4, 0.5) is 0 Å². The number of rotatable bonds is 4. The lowest BCUT2D eigenvalue weighted by molar-refractivity contribution is 0.421. The van der Waals surface area contributed by atoms with Gasteiger partial charge in [0.1, 0.15) is 5.76 Å². The average Bonchev–Trinajstić information content (AvgIpc) is 2.90. The zero-order valence-electron chi connectivity index (χ0n) is 10.1. The molecule has 0 aromatic carbocycles. The Balaban J connectivity index is 1.62. The van der Waals surface area contributed by atoms with E-state index in [1.165, 1.54) is 11.3 Å². The predicted molar refractivity (Wildman–Crippen MR) is 68.9 cm³/mol. The molecular weight excluding hydrogens is 262 g/mol. The molecule has 0 radical (unpaired) electrons. The van der Waals surface area contributed by atoms with Crippen LogP contribution in [0.1, 0.15) is 35.2 Å². The van der Waals surface area contributed by atoms with E-state index in [2.05, 4.69) is 21.2 Å². The van der Waals surface area contributed by atoms with Crippen molar-refractivity contribution in [3.05, 3.63) is 40.4 Å². The van der Waals surface area contributed by atoms with E-state index in [0.717, 1.165) is 18.6 Å². The number of aromatic nitrogens is 3. The molecule has 1 saturated carbocycles. The first-order valence-corrected chi connectivity index (χ1v) is 7.07. The van der Waals surface area contributed by atoms with Crippen molar-refractivity contribution in [2.24, 2.45) is 0 Å². The molecule has 19 heavy (non-hydrogen) atoms. The van der Waals surface area contributed by atoms with E-state index in [1.54, 1.807) is 11.3 Å². The van der Waals surface area contributed by atoms with Crippen molar-refractivity contribution >= 4 is 11.3 Å². The van der Waals surface area contributed by atoms with Gasteiger partial charge in [0, 0.05) is 17.2 Å². The first kappa shape index (κ1) is 10.9. The topological polar surface area (TPSA) is 65.0 Å². The lowest BCUT2D eigenvalue weighted by Gasteiger charge is -1.91. The van der Waals surface area contributed by atoms with Gasteiger partial charge < -0.3 is 8.94 Å². The molecule has 0 amide bonds. The van der Waals surface area contributed by atoms with Gasteiger partial charge in [0.25, 0.3) is 5.89 Å². The van der Waals surface area contributed by atoms with Crippen LogP contribution in [0.25, 0.3) is 11.6 Å². The lowest BCUT2D eigenvalue weighted by atomic mass is 10.2. The minimum Gasteiger partial charge on any atom is -0.447 e. The van der Waals surface area contributed by atoms with Crippen LogP contribution in [0.15, 0.2) is 32.8 Å². The van der Waals surface area contributed by atoms with Crippen molar-refractivity contribution in [2.75, 3.05) is 0 Å². The first-order valence-electron chi connectivity index (χ1n) is 6.19. The number of nitrogens with zero attached hydrogens (tertiary/aromatic N) is 3. The van der Waals surface area contributed by atoms with Gasteiger partial charge in [0.2, 0.25) is 0 Å². The van der Waals surface area contributed by atoms with Gasteiger partial charge in [-0.15, -0.1) is 11.3 Å². The first-order chi connectivity index (χ1) is 9.40. The number of thiophene rings is 1. The molecule has 0 aliphatic heterocycles. The summed E-state index contributed by atoms with van der Waals surface area (Å²) >= 11 is 1.69. The molecule has 4 rings (SSSR count). The second-order valence-electron chi connectivity index (χ2n) is 4.61. The standard InChI is InChI=1S/C13H11N3O2S/c1-2-9(19-5-1)6-10-15-13(18-16-10)11-12(8-3-4-8)17-7-14-11/h1-2,5,7-8H,3-4,6H2. The highest BCUT2D eigenvalue weighted by atomic mass is 32.1. The summed E-state index contributed by atoms with van der Waals surface area (Å²) < 4.78 is 10.7. The fourth-order valence-electron chi connectivity index (χ4n) is 2.04. The molecule has 6 heteroatoms. The molecule has 5 nitrogen and oxygen atoms in total. The molecule has 1 aliphatic rings. The average molecular weight is 273 g/mol. The molecule has 3 heterocycles. The fraction of sp³-hybridized carbons (Fsp3) is 0.308. The van der Waals surface area contributed by atoms with Gasteiger partial charge in [-0.1, -0.05) is 11.2 Å². The van der Waals surface area contributed by atoms with Crippen molar-refractivity contribution in [2.45, 2.75) is 25.2 Å². The molecular formula is C13H11N3O2S. The summed E-state index contributed by atoms with van der Waals surface area (Å²) in [5, 5.41) is 6.05. The Bertz CT molecular complexity index is 682. The number of hydrogen-bond acceptors (Lipinski definition) is 6. The van der Waals surface area contributed by atoms with Crippen LogP contribution in [0.3, 0.4) is 0 Å². The summed E-state index contributed by atoms with van der Waals surface area (Å²) in [6.07, 6.45) is 4.45. The van der Waals surface area contributed by atoms with Gasteiger partial charge in [-0.2, -0.15) is 4.98 Å². The Morgan fingerprint density at radius 2 is 2.32 bits per heavy atom. The van der Waals surface area contributed by atoms with Crippen LogP contribution in [0.2, 0.25) is 0 Å². The molecule has 0 N–H and O–H groups in total. The monoisotopic (exact) mass is 273 g/mol. The van der Waals surface area contributed by atoms with E-state index >= 15 is 0 Å². The molecule has 96 valence electrons. The molecule has 0 atom stereocenters. The third-order valence-corrected chi connectivity index (χ3v) is 4.00. The van der Waals surface area contributed by atoms with Gasteiger partial charge >= 0.3 is 0 Å². The molecule has 0 saturated heterocycles. The van der Waals surface area contributed by atoms with Gasteiger partial charge in [-0.3, -0.25) is 0 Å². The van der Waals surface area contributed by atoms with E-state index < -0.39 is 0 Å². The van der Waals surface area contributed by atoms with E-state index in [1.807, 2.05) is 11.4 Å². The van der Waals surface area contributed by atoms with E-state index in [4.69, 9.17) is 8.94 Å². The highest BCUT2D eigenvalue weighted by Gasteiger charge is 2.32. The van der Waals surface area contributed by atoms with Crippen molar-refractivity contribution in [1.29, 1.82) is 0 Å². The Morgan fingerprint density at radius 3 is 3.11 bits per heavy atom. The number of oxazole rings is 1. The maximum atomic E-state index is 5.42. The minimum atomic E-state index is 0.460. The second kappa shape index (κ2) is 4.31. The summed E-state index contributed by atoms with van der Waals surface area (Å²) in [5.74, 6) is 2.50. The quantitative estimate of drug-likeness (QED) is 0.730. The van der Waals surface area contributed by atoms with Crippen molar-refractivity contribution in [3.63, 3.8) is 0 Å². The van der Waals surface area contributed by atoms with Crippen molar-refractivity contribution in [1.82, 2.24) is 15.1 Å². The third-order valence-electron chi connectivity index (χ3n) is 3.13. The smallest absolute Gasteiger partial charge is 0.280 e. The molecule has 0 bridgehead atoms. The van der Waals surface area contributed by atoms with E-state index in [-0.39, 0.29) is 0 Å². The predicted octanol–water partition coefficient (Wildman–Crippen LogP) is 3.25. The van der Waals surface area contributed by atoms with Crippen LogP contribution < -0.4 is 0 Å². The summed E-state index contributed by atoms with van der Waals surface area (Å²) in [6.45, 7) is 0.